The molecule has 9 heteroatoms. The van der Waals surface area contributed by atoms with E-state index in [0.29, 0.717) is 17.2 Å². The number of nitrogens with zero attached hydrogens (tertiary/aromatic N) is 1. The van der Waals surface area contributed by atoms with Crippen LogP contribution in [0, 0.1) is 0 Å². The number of rotatable bonds is 6. The van der Waals surface area contributed by atoms with Gasteiger partial charge in [-0.2, -0.15) is 0 Å². The summed E-state index contributed by atoms with van der Waals surface area (Å²) < 4.78 is 16.4. The maximum Gasteiger partial charge on any atom is 0.300 e. The molecular formula is C25H21Cl2NO6. The van der Waals surface area contributed by atoms with Crippen molar-refractivity contribution in [3.8, 4) is 11.5 Å². The summed E-state index contributed by atoms with van der Waals surface area (Å²) in [7, 11) is 1.41. The Kier molecular flexibility index (Phi) is 6.59. The summed E-state index contributed by atoms with van der Waals surface area (Å²) in [6, 6.07) is 11.8. The van der Waals surface area contributed by atoms with Crippen LogP contribution in [0.25, 0.3) is 5.76 Å². The van der Waals surface area contributed by atoms with Gasteiger partial charge in [0.2, 0.25) is 0 Å². The van der Waals surface area contributed by atoms with Crippen molar-refractivity contribution >= 4 is 46.3 Å². The number of carbonyl (C=O) groups is 2. The van der Waals surface area contributed by atoms with Gasteiger partial charge in [0, 0.05) is 11.3 Å². The van der Waals surface area contributed by atoms with Crippen LogP contribution in [0.4, 0.5) is 5.69 Å². The van der Waals surface area contributed by atoms with Crippen molar-refractivity contribution in [2.45, 2.75) is 26.0 Å². The van der Waals surface area contributed by atoms with E-state index in [1.165, 1.54) is 30.4 Å². The van der Waals surface area contributed by atoms with E-state index in [1.807, 2.05) is 13.8 Å². The second-order valence-corrected chi connectivity index (χ2v) is 8.63. The maximum atomic E-state index is 13.1. The molecule has 3 aromatic rings. The Labute approximate surface area is 206 Å². The fourth-order valence-electron chi connectivity index (χ4n) is 3.82. The number of aliphatic hydroxyl groups is 1. The predicted molar refractivity (Wildman–Crippen MR) is 129 cm³/mol. The van der Waals surface area contributed by atoms with Gasteiger partial charge in [0.1, 0.15) is 23.3 Å². The van der Waals surface area contributed by atoms with E-state index >= 15 is 0 Å². The number of Topliss-reactive ketones (excluding diaryl/α,β-unsaturated/α-hetero) is 1. The number of halogens is 2. The van der Waals surface area contributed by atoms with Gasteiger partial charge in [-0.25, -0.2) is 0 Å². The van der Waals surface area contributed by atoms with Gasteiger partial charge >= 0.3 is 0 Å². The number of hydrogen-bond donors (Lipinski definition) is 1. The minimum absolute atomic E-state index is 0.0219. The first-order chi connectivity index (χ1) is 16.2. The van der Waals surface area contributed by atoms with Crippen LogP contribution in [-0.4, -0.2) is 30.0 Å². The lowest BCUT2D eigenvalue weighted by atomic mass is 9.99. The normalized spacial score (nSPS) is 17.5. The fraction of sp³-hybridized carbons (Fsp3) is 0.200. The SMILES string of the molecule is COc1c(Cl)cc(/C(O)=C2/C(=O)C(=O)N(c3ccc(OC(C)C)cc3)C2c2ccco2)cc1Cl. The van der Waals surface area contributed by atoms with Gasteiger partial charge < -0.3 is 19.0 Å². The minimum Gasteiger partial charge on any atom is -0.507 e. The summed E-state index contributed by atoms with van der Waals surface area (Å²) in [5.74, 6) is -0.975. The van der Waals surface area contributed by atoms with Crippen LogP contribution in [0.2, 0.25) is 10.0 Å². The molecule has 1 aliphatic rings. The van der Waals surface area contributed by atoms with Crippen LogP contribution in [-0.2, 0) is 9.59 Å². The van der Waals surface area contributed by atoms with Gasteiger partial charge in [0.05, 0.1) is 35.1 Å². The van der Waals surface area contributed by atoms with Crippen molar-refractivity contribution in [3.63, 3.8) is 0 Å². The largest absolute Gasteiger partial charge is 0.507 e. The van der Waals surface area contributed by atoms with E-state index < -0.39 is 23.5 Å². The third kappa shape index (κ3) is 4.24. The molecule has 1 aliphatic heterocycles. The van der Waals surface area contributed by atoms with Crippen molar-refractivity contribution in [1.82, 2.24) is 0 Å². The van der Waals surface area contributed by atoms with Crippen molar-refractivity contribution < 1.29 is 28.6 Å². The van der Waals surface area contributed by atoms with E-state index in [0.717, 1.165) is 0 Å². The van der Waals surface area contributed by atoms with Gasteiger partial charge in [-0.15, -0.1) is 0 Å². The zero-order chi connectivity index (χ0) is 24.6. The Morgan fingerprint density at radius 3 is 2.26 bits per heavy atom. The lowest BCUT2D eigenvalue weighted by Gasteiger charge is -2.23. The molecule has 1 N–H and O–H groups in total. The van der Waals surface area contributed by atoms with E-state index in [4.69, 9.17) is 37.1 Å². The quantitative estimate of drug-likeness (QED) is 0.252. The third-order valence-corrected chi connectivity index (χ3v) is 5.78. The standard InChI is InChI=1S/C25H21Cl2NO6/c1-13(2)34-16-8-6-15(7-9-16)28-21(19-5-4-10-33-19)20(23(30)25(28)31)22(29)14-11-17(26)24(32-3)18(27)12-14/h4-13,21,29H,1-3H3/b22-20-. The highest BCUT2D eigenvalue weighted by atomic mass is 35.5. The third-order valence-electron chi connectivity index (χ3n) is 5.22. The molecule has 0 saturated carbocycles. The molecule has 176 valence electrons. The zero-order valence-corrected chi connectivity index (χ0v) is 20.1. The van der Waals surface area contributed by atoms with Crippen molar-refractivity contribution in [2.75, 3.05) is 12.0 Å². The molecule has 0 bridgehead atoms. The maximum absolute atomic E-state index is 13.1. The molecule has 1 fully saturated rings. The molecule has 7 nitrogen and oxygen atoms in total. The average molecular weight is 502 g/mol. The number of carbonyl (C=O) groups excluding carboxylic acids is 2. The number of benzene rings is 2. The Balaban J connectivity index is 1.85. The van der Waals surface area contributed by atoms with E-state index in [9.17, 15) is 14.7 Å². The van der Waals surface area contributed by atoms with Crippen LogP contribution in [0.15, 0.2) is 64.8 Å². The summed E-state index contributed by atoms with van der Waals surface area (Å²) in [6.07, 6.45) is 1.40. The van der Waals surface area contributed by atoms with Crippen molar-refractivity contribution in [3.05, 3.63) is 81.7 Å². The molecule has 2 aromatic carbocycles. The van der Waals surface area contributed by atoms with Gasteiger partial charge in [-0.3, -0.25) is 14.5 Å². The number of amides is 1. The molecule has 4 rings (SSSR count). The van der Waals surface area contributed by atoms with Crippen LogP contribution in [0.1, 0.15) is 31.2 Å². The summed E-state index contributed by atoms with van der Waals surface area (Å²) in [4.78, 5) is 27.6. The number of anilines is 1. The molecule has 0 radical (unpaired) electrons. The smallest absolute Gasteiger partial charge is 0.300 e. The lowest BCUT2D eigenvalue weighted by Crippen LogP contribution is -2.29. The van der Waals surface area contributed by atoms with E-state index in [-0.39, 0.29) is 33.0 Å². The molecule has 2 heterocycles. The average Bonchev–Trinajstić information content (AvgIpc) is 3.40. The van der Waals surface area contributed by atoms with Gasteiger partial charge in [0.25, 0.3) is 11.7 Å². The Bertz CT molecular complexity index is 1240. The number of ketones is 1. The number of hydrogen-bond acceptors (Lipinski definition) is 6. The molecule has 1 unspecified atom stereocenters. The second kappa shape index (κ2) is 9.44. The van der Waals surface area contributed by atoms with Gasteiger partial charge in [0.15, 0.2) is 5.75 Å². The highest BCUT2D eigenvalue weighted by Crippen LogP contribution is 2.44. The van der Waals surface area contributed by atoms with Crippen LogP contribution < -0.4 is 14.4 Å². The Morgan fingerprint density at radius 1 is 1.09 bits per heavy atom. The molecule has 0 spiro atoms. The molecule has 34 heavy (non-hydrogen) atoms. The molecule has 1 amide bonds. The molecule has 1 aromatic heterocycles. The molecule has 1 saturated heterocycles. The summed E-state index contributed by atoms with van der Waals surface area (Å²) in [5, 5.41) is 11.4. The highest BCUT2D eigenvalue weighted by molar-refractivity contribution is 6.51. The van der Waals surface area contributed by atoms with Crippen molar-refractivity contribution in [2.24, 2.45) is 0 Å². The minimum atomic E-state index is -1.01. The topological polar surface area (TPSA) is 89.2 Å². The predicted octanol–water partition coefficient (Wildman–Crippen LogP) is 6.01. The number of aliphatic hydroxyl groups excluding tert-OH is 1. The molecule has 1 atom stereocenters. The lowest BCUT2D eigenvalue weighted by molar-refractivity contribution is -0.132. The van der Waals surface area contributed by atoms with Crippen LogP contribution >= 0.6 is 23.2 Å². The Hall–Kier alpha value is -3.42. The van der Waals surface area contributed by atoms with Gasteiger partial charge in [-0.05, 0) is 62.4 Å². The van der Waals surface area contributed by atoms with Crippen LogP contribution in [0.5, 0.6) is 11.5 Å². The number of methoxy groups -OCH3 is 1. The fourth-order valence-corrected chi connectivity index (χ4v) is 4.46. The number of ether oxygens (including phenoxy) is 2. The number of furan rings is 1. The zero-order valence-electron chi connectivity index (χ0n) is 18.5. The summed E-state index contributed by atoms with van der Waals surface area (Å²) >= 11 is 12.5. The van der Waals surface area contributed by atoms with Crippen molar-refractivity contribution in [1.29, 1.82) is 0 Å². The highest BCUT2D eigenvalue weighted by Gasteiger charge is 2.48. The van der Waals surface area contributed by atoms with Gasteiger partial charge in [-0.1, -0.05) is 23.2 Å². The second-order valence-electron chi connectivity index (χ2n) is 7.82. The van der Waals surface area contributed by atoms with Crippen LogP contribution in [0.3, 0.4) is 0 Å². The molecular weight excluding hydrogens is 481 g/mol. The first-order valence-corrected chi connectivity index (χ1v) is 11.1. The summed E-state index contributed by atoms with van der Waals surface area (Å²) in [6.45, 7) is 3.81. The first kappa shape index (κ1) is 23.7. The Morgan fingerprint density at radius 2 is 1.74 bits per heavy atom. The van der Waals surface area contributed by atoms with E-state index in [1.54, 1.807) is 36.4 Å². The van der Waals surface area contributed by atoms with E-state index in [2.05, 4.69) is 0 Å². The summed E-state index contributed by atoms with van der Waals surface area (Å²) in [5.41, 5.74) is 0.440. The molecule has 0 aliphatic carbocycles. The monoisotopic (exact) mass is 501 g/mol. The first-order valence-electron chi connectivity index (χ1n) is 10.4.